The fraction of sp³-hybridized carbons (Fsp3) is 0.158. The Labute approximate surface area is 139 Å². The smallest absolute Gasteiger partial charge is 0.338 e. The number of pyridine rings is 1. The first-order valence-electron chi connectivity index (χ1n) is 7.26. The molecule has 0 spiro atoms. The number of hydrogen-bond acceptors (Lipinski definition) is 3. The normalized spacial score (nSPS) is 10.8. The van der Waals surface area contributed by atoms with Crippen molar-refractivity contribution < 1.29 is 9.53 Å². The Balaban J connectivity index is 2.33. The van der Waals surface area contributed by atoms with Crippen LogP contribution in [-0.4, -0.2) is 18.1 Å². The summed E-state index contributed by atoms with van der Waals surface area (Å²) in [5.74, 6) is -0.363. The third-order valence-corrected chi connectivity index (χ3v) is 4.05. The average Bonchev–Trinajstić information content (AvgIpc) is 2.54. The summed E-state index contributed by atoms with van der Waals surface area (Å²) in [6.45, 7) is 4.00. The van der Waals surface area contributed by atoms with Crippen molar-refractivity contribution in [3.05, 3.63) is 64.2 Å². The van der Waals surface area contributed by atoms with Gasteiger partial charge in [-0.25, -0.2) is 9.78 Å². The summed E-state index contributed by atoms with van der Waals surface area (Å²) in [6, 6.07) is 13.2. The van der Waals surface area contributed by atoms with Gasteiger partial charge < -0.3 is 4.74 Å². The first kappa shape index (κ1) is 15.5. The quantitative estimate of drug-likeness (QED) is 0.625. The number of aryl methyl sites for hydroxylation is 2. The molecule has 0 saturated heterocycles. The fourth-order valence-electron chi connectivity index (χ4n) is 2.73. The summed E-state index contributed by atoms with van der Waals surface area (Å²) in [6.07, 6.45) is 0. The lowest BCUT2D eigenvalue weighted by molar-refractivity contribution is 0.0603. The predicted molar refractivity (Wildman–Crippen MR) is 93.0 cm³/mol. The van der Waals surface area contributed by atoms with Gasteiger partial charge in [-0.3, -0.25) is 0 Å². The predicted octanol–water partition coefficient (Wildman–Crippen LogP) is 4.96. The number of aromatic nitrogens is 1. The van der Waals surface area contributed by atoms with Crippen LogP contribution in [0.25, 0.3) is 22.2 Å². The largest absolute Gasteiger partial charge is 0.465 e. The molecule has 0 aliphatic heterocycles. The Kier molecular flexibility index (Phi) is 4.05. The van der Waals surface area contributed by atoms with Crippen molar-refractivity contribution in [3.8, 4) is 11.3 Å². The van der Waals surface area contributed by atoms with Crippen LogP contribution >= 0.6 is 11.6 Å². The van der Waals surface area contributed by atoms with Gasteiger partial charge in [0.25, 0.3) is 0 Å². The third-order valence-electron chi connectivity index (χ3n) is 3.79. The van der Waals surface area contributed by atoms with Crippen LogP contribution < -0.4 is 0 Å². The number of benzene rings is 2. The third kappa shape index (κ3) is 2.92. The number of ether oxygens (including phenoxy) is 1. The zero-order chi connectivity index (χ0) is 16.6. The highest BCUT2D eigenvalue weighted by atomic mass is 35.5. The van der Waals surface area contributed by atoms with Gasteiger partial charge in [0.05, 0.1) is 23.9 Å². The summed E-state index contributed by atoms with van der Waals surface area (Å²) in [5.41, 5.74) is 5.07. The molecule has 4 heteroatoms. The standard InChI is InChI=1S/C19H16ClNO2/c1-11-8-12(2)18-15(9-11)16(19(22)23-3)10-17(21-18)13-4-6-14(20)7-5-13/h4-10H,1-3H3. The molecule has 0 unspecified atom stereocenters. The summed E-state index contributed by atoms with van der Waals surface area (Å²) >= 11 is 5.95. The van der Waals surface area contributed by atoms with Gasteiger partial charge in [-0.15, -0.1) is 0 Å². The monoisotopic (exact) mass is 325 g/mol. The maximum absolute atomic E-state index is 12.2. The summed E-state index contributed by atoms with van der Waals surface area (Å²) in [4.78, 5) is 17.0. The molecule has 0 amide bonds. The van der Waals surface area contributed by atoms with Gasteiger partial charge in [0.2, 0.25) is 0 Å². The van der Waals surface area contributed by atoms with Crippen LogP contribution in [0.5, 0.6) is 0 Å². The Hall–Kier alpha value is -2.39. The minimum Gasteiger partial charge on any atom is -0.465 e. The van der Waals surface area contributed by atoms with Crippen LogP contribution in [0.2, 0.25) is 5.02 Å². The van der Waals surface area contributed by atoms with E-state index in [0.29, 0.717) is 10.6 Å². The Morgan fingerprint density at radius 1 is 1.09 bits per heavy atom. The van der Waals surface area contributed by atoms with Crippen molar-refractivity contribution in [2.24, 2.45) is 0 Å². The van der Waals surface area contributed by atoms with Gasteiger partial charge in [0.15, 0.2) is 0 Å². The Morgan fingerprint density at radius 3 is 2.43 bits per heavy atom. The zero-order valence-corrected chi connectivity index (χ0v) is 13.9. The maximum atomic E-state index is 12.2. The number of esters is 1. The molecular weight excluding hydrogens is 310 g/mol. The van der Waals surface area contributed by atoms with Crippen molar-refractivity contribution in [1.82, 2.24) is 4.98 Å². The second kappa shape index (κ2) is 6.01. The molecule has 0 atom stereocenters. The lowest BCUT2D eigenvalue weighted by Crippen LogP contribution is -2.04. The number of methoxy groups -OCH3 is 1. The van der Waals surface area contributed by atoms with Crippen molar-refractivity contribution in [2.75, 3.05) is 7.11 Å². The lowest BCUT2D eigenvalue weighted by Gasteiger charge is -2.11. The molecule has 0 radical (unpaired) electrons. The minimum absolute atomic E-state index is 0.363. The molecular formula is C19H16ClNO2. The lowest BCUT2D eigenvalue weighted by atomic mass is 10.00. The van der Waals surface area contributed by atoms with E-state index in [9.17, 15) is 4.79 Å². The first-order chi connectivity index (χ1) is 11.0. The van der Waals surface area contributed by atoms with E-state index in [2.05, 4.69) is 6.07 Å². The molecule has 23 heavy (non-hydrogen) atoms. The van der Waals surface area contributed by atoms with Crippen molar-refractivity contribution in [3.63, 3.8) is 0 Å². The highest BCUT2D eigenvalue weighted by Gasteiger charge is 2.16. The molecule has 0 aliphatic carbocycles. The van der Waals surface area contributed by atoms with Crippen LogP contribution in [0, 0.1) is 13.8 Å². The summed E-state index contributed by atoms with van der Waals surface area (Å²) < 4.78 is 4.95. The topological polar surface area (TPSA) is 39.2 Å². The Morgan fingerprint density at radius 2 is 1.78 bits per heavy atom. The highest BCUT2D eigenvalue weighted by Crippen LogP contribution is 2.28. The average molecular weight is 326 g/mol. The van der Waals surface area contributed by atoms with E-state index in [0.717, 1.165) is 33.3 Å². The minimum atomic E-state index is -0.363. The molecule has 3 aromatic rings. The van der Waals surface area contributed by atoms with Crippen LogP contribution in [0.3, 0.4) is 0 Å². The Bertz CT molecular complexity index is 901. The van der Waals surface area contributed by atoms with E-state index in [1.54, 1.807) is 6.07 Å². The number of nitrogens with zero attached hydrogens (tertiary/aromatic N) is 1. The molecule has 3 rings (SSSR count). The molecule has 0 fully saturated rings. The number of carbonyl (C=O) groups is 1. The van der Waals surface area contributed by atoms with Gasteiger partial charge >= 0.3 is 5.97 Å². The van der Waals surface area contributed by atoms with Crippen molar-refractivity contribution in [2.45, 2.75) is 13.8 Å². The van der Waals surface area contributed by atoms with E-state index in [4.69, 9.17) is 21.3 Å². The van der Waals surface area contributed by atoms with Crippen LogP contribution in [0.1, 0.15) is 21.5 Å². The number of halogens is 1. The number of fused-ring (bicyclic) bond motifs is 1. The van der Waals surface area contributed by atoms with Gasteiger partial charge in [-0.05, 0) is 43.7 Å². The van der Waals surface area contributed by atoms with E-state index in [-0.39, 0.29) is 5.97 Å². The maximum Gasteiger partial charge on any atom is 0.338 e. The molecule has 116 valence electrons. The van der Waals surface area contributed by atoms with Crippen LogP contribution in [0.15, 0.2) is 42.5 Å². The fourth-order valence-corrected chi connectivity index (χ4v) is 2.85. The van der Waals surface area contributed by atoms with Gasteiger partial charge in [-0.2, -0.15) is 0 Å². The molecule has 0 saturated carbocycles. The molecule has 1 aromatic heterocycles. The van der Waals surface area contributed by atoms with E-state index >= 15 is 0 Å². The number of rotatable bonds is 2. The van der Waals surface area contributed by atoms with E-state index in [1.165, 1.54) is 7.11 Å². The zero-order valence-electron chi connectivity index (χ0n) is 13.2. The molecule has 0 aliphatic rings. The molecule has 0 N–H and O–H groups in total. The molecule has 3 nitrogen and oxygen atoms in total. The van der Waals surface area contributed by atoms with E-state index in [1.807, 2.05) is 44.2 Å². The number of hydrogen-bond donors (Lipinski definition) is 0. The highest BCUT2D eigenvalue weighted by molar-refractivity contribution is 6.30. The van der Waals surface area contributed by atoms with Crippen molar-refractivity contribution >= 4 is 28.5 Å². The van der Waals surface area contributed by atoms with Crippen molar-refractivity contribution in [1.29, 1.82) is 0 Å². The van der Waals surface area contributed by atoms with E-state index < -0.39 is 0 Å². The molecule has 1 heterocycles. The second-order valence-corrected chi connectivity index (χ2v) is 5.97. The summed E-state index contributed by atoms with van der Waals surface area (Å²) in [7, 11) is 1.39. The second-order valence-electron chi connectivity index (χ2n) is 5.53. The molecule has 0 bridgehead atoms. The summed E-state index contributed by atoms with van der Waals surface area (Å²) in [5, 5.41) is 1.47. The van der Waals surface area contributed by atoms with Gasteiger partial charge in [0, 0.05) is 16.0 Å². The van der Waals surface area contributed by atoms with Gasteiger partial charge in [0.1, 0.15) is 0 Å². The van der Waals surface area contributed by atoms with Gasteiger partial charge in [-0.1, -0.05) is 35.4 Å². The number of carbonyl (C=O) groups excluding carboxylic acids is 1. The molecule has 2 aromatic carbocycles. The SMILES string of the molecule is COC(=O)c1cc(-c2ccc(Cl)cc2)nc2c(C)cc(C)cc12. The van der Waals surface area contributed by atoms with Crippen LogP contribution in [0.4, 0.5) is 0 Å². The van der Waals surface area contributed by atoms with Crippen LogP contribution in [-0.2, 0) is 4.74 Å². The first-order valence-corrected chi connectivity index (χ1v) is 7.63.